The molecule has 4 rings (SSSR count). The Kier molecular flexibility index (Phi) is 7.88. The molecule has 4 aromatic rings. The molecule has 0 N–H and O–H groups in total. The van der Waals surface area contributed by atoms with Gasteiger partial charge in [-0.25, -0.2) is 9.97 Å². The summed E-state index contributed by atoms with van der Waals surface area (Å²) in [6, 6.07) is 8.17. The predicted octanol–water partition coefficient (Wildman–Crippen LogP) is 7.12. The van der Waals surface area contributed by atoms with Crippen LogP contribution in [-0.2, 0) is 13.0 Å². The smallest absolute Gasteiger partial charge is 0.154 e. The molecule has 0 aliphatic heterocycles. The van der Waals surface area contributed by atoms with Crippen molar-refractivity contribution >= 4 is 51.3 Å². The molecule has 174 valence electrons. The van der Waals surface area contributed by atoms with E-state index in [-0.39, 0.29) is 0 Å². The third-order valence-electron chi connectivity index (χ3n) is 5.20. The molecule has 1 aromatic carbocycles. The molecule has 0 aliphatic rings. The van der Waals surface area contributed by atoms with Crippen molar-refractivity contribution in [2.75, 3.05) is 14.1 Å². The molecule has 0 amide bonds. The number of nitrogens with zero attached hydrogens (tertiary/aromatic N) is 4. The van der Waals surface area contributed by atoms with Crippen LogP contribution in [0, 0.1) is 0 Å². The van der Waals surface area contributed by atoms with Gasteiger partial charge >= 0.3 is 0 Å². The molecule has 34 heavy (non-hydrogen) atoms. The average molecular weight is 509 g/mol. The summed E-state index contributed by atoms with van der Waals surface area (Å²) >= 11 is 9.64. The number of rotatable bonds is 9. The summed E-state index contributed by atoms with van der Waals surface area (Å²) in [5.41, 5.74) is 4.86. The number of allylic oxidation sites excluding steroid dienone is 2. The Morgan fingerprint density at radius 2 is 2.15 bits per heavy atom. The van der Waals surface area contributed by atoms with Gasteiger partial charge in [0.1, 0.15) is 17.9 Å². The van der Waals surface area contributed by atoms with E-state index in [9.17, 15) is 0 Å². The van der Waals surface area contributed by atoms with E-state index in [0.717, 1.165) is 49.1 Å². The molecule has 0 fully saturated rings. The number of thiazole rings is 1. The summed E-state index contributed by atoms with van der Waals surface area (Å²) in [7, 11) is 4.06. The van der Waals surface area contributed by atoms with Crippen molar-refractivity contribution in [3.63, 3.8) is 0 Å². The Hall–Kier alpha value is -2.87. The maximum Gasteiger partial charge on any atom is 0.154 e. The second kappa shape index (κ2) is 11.0. The molecular formula is C26H25ClN4OS2. The van der Waals surface area contributed by atoms with Gasteiger partial charge in [-0.3, -0.25) is 4.98 Å². The first kappa shape index (κ1) is 24.3. The first-order chi connectivity index (χ1) is 16.5. The summed E-state index contributed by atoms with van der Waals surface area (Å²) in [6.45, 7) is 6.29. The van der Waals surface area contributed by atoms with E-state index in [1.165, 1.54) is 11.8 Å². The molecule has 0 saturated heterocycles. The third-order valence-corrected chi connectivity index (χ3v) is 7.48. The lowest BCUT2D eigenvalue weighted by molar-refractivity contribution is 0.306. The highest BCUT2D eigenvalue weighted by atomic mass is 35.5. The Morgan fingerprint density at radius 3 is 2.85 bits per heavy atom. The van der Waals surface area contributed by atoms with Crippen LogP contribution in [0.25, 0.3) is 16.6 Å². The van der Waals surface area contributed by atoms with E-state index in [1.54, 1.807) is 36.0 Å². The van der Waals surface area contributed by atoms with E-state index in [4.69, 9.17) is 21.3 Å². The standard InChI is InChI=1S/C26H25ClN4OS2/c1-5-8-22(31(3)4)19-13-17(6-2)30-25-18(19)9-7-10-23(25)32-16-20-21(27)14-28-15-24(20)34-26-29-11-12-33-26/h5,7-15H,1,6,16H2,2-4H3/b22-8-. The lowest BCUT2D eigenvalue weighted by Crippen LogP contribution is -2.11. The SMILES string of the molecule is C=C/C=C(/c1cc(CC)nc2c(OCc3c(Cl)cncc3Sc3nccs3)cccc12)N(C)C. The summed E-state index contributed by atoms with van der Waals surface area (Å²) in [5.74, 6) is 0.712. The largest absolute Gasteiger partial charge is 0.487 e. The minimum absolute atomic E-state index is 0.296. The number of aryl methyl sites for hydroxylation is 1. The van der Waals surface area contributed by atoms with Crippen molar-refractivity contribution in [1.29, 1.82) is 0 Å². The zero-order valence-corrected chi connectivity index (χ0v) is 21.7. The predicted molar refractivity (Wildman–Crippen MR) is 143 cm³/mol. The fraction of sp³-hybridized carbons (Fsp3) is 0.192. The number of hydrogen-bond acceptors (Lipinski definition) is 7. The monoisotopic (exact) mass is 508 g/mol. The molecule has 0 bridgehead atoms. The summed E-state index contributed by atoms with van der Waals surface area (Å²) in [6.07, 6.45) is 9.87. The van der Waals surface area contributed by atoms with Crippen molar-refractivity contribution in [2.45, 2.75) is 29.2 Å². The molecule has 0 unspecified atom stereocenters. The first-order valence-electron chi connectivity index (χ1n) is 10.8. The zero-order chi connectivity index (χ0) is 24.1. The normalized spacial score (nSPS) is 11.6. The number of para-hydroxylation sites is 1. The summed E-state index contributed by atoms with van der Waals surface area (Å²) in [5, 5.41) is 3.53. The van der Waals surface area contributed by atoms with Crippen LogP contribution in [0.5, 0.6) is 5.75 Å². The van der Waals surface area contributed by atoms with Gasteiger partial charge in [0.2, 0.25) is 0 Å². The second-order valence-electron chi connectivity index (χ2n) is 7.64. The van der Waals surface area contributed by atoms with Gasteiger partial charge in [-0.05, 0) is 24.6 Å². The maximum atomic E-state index is 6.53. The van der Waals surface area contributed by atoms with Gasteiger partial charge in [0.15, 0.2) is 4.34 Å². The lowest BCUT2D eigenvalue weighted by Gasteiger charge is -2.20. The number of hydrogen-bond donors (Lipinski definition) is 0. The highest BCUT2D eigenvalue weighted by Gasteiger charge is 2.16. The van der Waals surface area contributed by atoms with Crippen LogP contribution in [0.2, 0.25) is 5.02 Å². The molecule has 0 aliphatic carbocycles. The molecule has 0 spiro atoms. The highest BCUT2D eigenvalue weighted by Crippen LogP contribution is 2.36. The van der Waals surface area contributed by atoms with Crippen LogP contribution < -0.4 is 4.74 Å². The van der Waals surface area contributed by atoms with Gasteiger partial charge in [-0.15, -0.1) is 11.3 Å². The van der Waals surface area contributed by atoms with Crippen molar-refractivity contribution in [3.8, 4) is 5.75 Å². The molecular weight excluding hydrogens is 484 g/mol. The summed E-state index contributed by atoms with van der Waals surface area (Å²) < 4.78 is 7.27. The van der Waals surface area contributed by atoms with Crippen molar-refractivity contribution in [2.24, 2.45) is 0 Å². The number of fused-ring (bicyclic) bond motifs is 1. The van der Waals surface area contributed by atoms with Crippen LogP contribution in [0.4, 0.5) is 0 Å². The Morgan fingerprint density at radius 1 is 1.29 bits per heavy atom. The van der Waals surface area contributed by atoms with E-state index < -0.39 is 0 Å². The second-order valence-corrected chi connectivity index (χ2v) is 10.2. The van der Waals surface area contributed by atoms with Gasteiger partial charge in [-0.1, -0.05) is 55.1 Å². The van der Waals surface area contributed by atoms with Gasteiger partial charge in [0.05, 0.1) is 5.02 Å². The Balaban J connectivity index is 1.74. The van der Waals surface area contributed by atoms with E-state index >= 15 is 0 Å². The van der Waals surface area contributed by atoms with Crippen LogP contribution in [0.15, 0.2) is 76.2 Å². The number of benzene rings is 1. The lowest BCUT2D eigenvalue weighted by atomic mass is 10.0. The number of pyridine rings is 2. The fourth-order valence-corrected chi connectivity index (χ4v) is 5.52. The van der Waals surface area contributed by atoms with E-state index in [0.29, 0.717) is 17.4 Å². The molecule has 0 radical (unpaired) electrons. The highest BCUT2D eigenvalue weighted by molar-refractivity contribution is 8.01. The number of aromatic nitrogens is 3. The van der Waals surface area contributed by atoms with Crippen LogP contribution >= 0.6 is 34.7 Å². The third kappa shape index (κ3) is 5.27. The molecule has 0 atom stereocenters. The van der Waals surface area contributed by atoms with Gasteiger partial charge in [0.25, 0.3) is 0 Å². The zero-order valence-electron chi connectivity index (χ0n) is 19.3. The minimum atomic E-state index is 0.296. The van der Waals surface area contributed by atoms with Crippen LogP contribution in [0.3, 0.4) is 0 Å². The summed E-state index contributed by atoms with van der Waals surface area (Å²) in [4.78, 5) is 16.5. The molecule has 3 heterocycles. The number of halogens is 1. The van der Waals surface area contributed by atoms with Gasteiger partial charge in [0, 0.05) is 70.9 Å². The molecule has 5 nitrogen and oxygen atoms in total. The fourth-order valence-electron chi connectivity index (χ4n) is 3.55. The molecule has 0 saturated carbocycles. The Labute approximate surface area is 213 Å². The van der Waals surface area contributed by atoms with Crippen molar-refractivity contribution < 1.29 is 4.74 Å². The first-order valence-corrected chi connectivity index (χ1v) is 12.8. The van der Waals surface area contributed by atoms with Gasteiger partial charge in [-0.2, -0.15) is 0 Å². The Bertz CT molecular complexity index is 1340. The van der Waals surface area contributed by atoms with Crippen LogP contribution in [0.1, 0.15) is 23.7 Å². The van der Waals surface area contributed by atoms with E-state index in [2.05, 4.69) is 40.5 Å². The quantitative estimate of drug-likeness (QED) is 0.224. The van der Waals surface area contributed by atoms with Crippen LogP contribution in [-0.4, -0.2) is 33.9 Å². The van der Waals surface area contributed by atoms with Crippen molar-refractivity contribution in [3.05, 3.63) is 88.8 Å². The van der Waals surface area contributed by atoms with E-state index in [1.807, 2.05) is 37.7 Å². The molecule has 3 aromatic heterocycles. The minimum Gasteiger partial charge on any atom is -0.487 e. The van der Waals surface area contributed by atoms with Gasteiger partial charge < -0.3 is 9.64 Å². The average Bonchev–Trinajstić information content (AvgIpc) is 3.34. The topological polar surface area (TPSA) is 51.1 Å². The molecule has 8 heteroatoms. The number of ether oxygens (including phenoxy) is 1. The maximum absolute atomic E-state index is 6.53. The van der Waals surface area contributed by atoms with Crippen molar-refractivity contribution in [1.82, 2.24) is 19.9 Å².